The molecule has 21 heavy (non-hydrogen) atoms. The Hall–Kier alpha value is -2.50. The molecule has 0 unspecified atom stereocenters. The average Bonchev–Trinajstić information content (AvgIpc) is 2.82. The second-order valence-corrected chi connectivity index (χ2v) is 4.50. The highest BCUT2D eigenvalue weighted by atomic mass is 16.5. The van der Waals surface area contributed by atoms with Crippen molar-refractivity contribution in [3.05, 3.63) is 41.1 Å². The van der Waals surface area contributed by atoms with Crippen molar-refractivity contribution >= 4 is 5.91 Å². The molecule has 112 valence electrons. The maximum atomic E-state index is 12.1. The van der Waals surface area contributed by atoms with Crippen LogP contribution in [0.3, 0.4) is 0 Å². The van der Waals surface area contributed by atoms with Crippen molar-refractivity contribution in [1.82, 2.24) is 10.3 Å². The molecular weight excluding hydrogens is 272 g/mol. The summed E-state index contributed by atoms with van der Waals surface area (Å²) >= 11 is 0. The normalized spacial score (nSPS) is 10.3. The van der Waals surface area contributed by atoms with Gasteiger partial charge in [-0.2, -0.15) is 0 Å². The summed E-state index contributed by atoms with van der Waals surface area (Å²) in [6, 6.07) is 4.98. The second-order valence-electron chi connectivity index (χ2n) is 4.50. The molecule has 1 N–H and O–H groups in total. The van der Waals surface area contributed by atoms with Gasteiger partial charge in [-0.05, 0) is 32.0 Å². The van der Waals surface area contributed by atoms with Gasteiger partial charge in [0.25, 0.3) is 5.91 Å². The quantitative estimate of drug-likeness (QED) is 0.914. The number of methoxy groups -OCH3 is 2. The second kappa shape index (κ2) is 6.30. The van der Waals surface area contributed by atoms with Crippen LogP contribution in [-0.2, 0) is 6.54 Å². The van der Waals surface area contributed by atoms with E-state index in [0.29, 0.717) is 23.0 Å². The molecule has 2 aromatic rings. The van der Waals surface area contributed by atoms with Crippen LogP contribution in [0.4, 0.5) is 0 Å². The van der Waals surface area contributed by atoms with Gasteiger partial charge in [-0.1, -0.05) is 0 Å². The highest BCUT2D eigenvalue weighted by molar-refractivity contribution is 5.94. The number of amides is 1. The van der Waals surface area contributed by atoms with Gasteiger partial charge in [0.2, 0.25) is 5.89 Å². The zero-order valence-corrected chi connectivity index (χ0v) is 12.5. The number of oxazole rings is 1. The lowest BCUT2D eigenvalue weighted by Gasteiger charge is -2.09. The van der Waals surface area contributed by atoms with Crippen molar-refractivity contribution in [2.24, 2.45) is 0 Å². The van der Waals surface area contributed by atoms with E-state index < -0.39 is 0 Å². The molecule has 1 amide bonds. The standard InChI is InChI=1S/C15H18N2O4/c1-9-10(2)21-14(17-9)8-16-15(18)11-5-6-12(19-3)13(7-11)20-4/h5-7H,8H2,1-4H3,(H,16,18). The van der Waals surface area contributed by atoms with Gasteiger partial charge >= 0.3 is 0 Å². The summed E-state index contributed by atoms with van der Waals surface area (Å²) in [6.45, 7) is 3.93. The van der Waals surface area contributed by atoms with Crippen molar-refractivity contribution < 1.29 is 18.7 Å². The molecule has 1 aromatic heterocycles. The number of benzene rings is 1. The number of aromatic nitrogens is 1. The van der Waals surface area contributed by atoms with Gasteiger partial charge in [0.15, 0.2) is 11.5 Å². The van der Waals surface area contributed by atoms with Gasteiger partial charge in [0.05, 0.1) is 26.5 Å². The van der Waals surface area contributed by atoms with E-state index in [1.807, 2.05) is 13.8 Å². The molecule has 0 aliphatic heterocycles. The highest BCUT2D eigenvalue weighted by Crippen LogP contribution is 2.27. The molecule has 0 fully saturated rings. The van der Waals surface area contributed by atoms with Gasteiger partial charge in [0.1, 0.15) is 5.76 Å². The van der Waals surface area contributed by atoms with E-state index in [1.54, 1.807) is 25.3 Å². The molecule has 2 rings (SSSR count). The van der Waals surface area contributed by atoms with E-state index in [2.05, 4.69) is 10.3 Å². The summed E-state index contributed by atoms with van der Waals surface area (Å²) in [7, 11) is 3.07. The number of hydrogen-bond donors (Lipinski definition) is 1. The average molecular weight is 290 g/mol. The number of rotatable bonds is 5. The van der Waals surface area contributed by atoms with E-state index in [4.69, 9.17) is 13.9 Å². The third-order valence-corrected chi connectivity index (χ3v) is 3.12. The Morgan fingerprint density at radius 1 is 1.24 bits per heavy atom. The molecule has 6 heteroatoms. The van der Waals surface area contributed by atoms with Gasteiger partial charge in [-0.25, -0.2) is 4.98 Å². The first-order valence-electron chi connectivity index (χ1n) is 6.48. The van der Waals surface area contributed by atoms with Crippen LogP contribution < -0.4 is 14.8 Å². The lowest BCUT2D eigenvalue weighted by Crippen LogP contribution is -2.23. The Kier molecular flexibility index (Phi) is 4.47. The molecular formula is C15H18N2O4. The fourth-order valence-corrected chi connectivity index (χ4v) is 1.85. The van der Waals surface area contributed by atoms with Crippen LogP contribution in [0.25, 0.3) is 0 Å². The first kappa shape index (κ1) is 14.9. The van der Waals surface area contributed by atoms with Crippen molar-refractivity contribution in [1.29, 1.82) is 0 Å². The van der Waals surface area contributed by atoms with Gasteiger partial charge in [0, 0.05) is 5.56 Å². The maximum absolute atomic E-state index is 12.1. The van der Waals surface area contributed by atoms with Crippen LogP contribution >= 0.6 is 0 Å². The number of ether oxygens (including phenoxy) is 2. The lowest BCUT2D eigenvalue weighted by molar-refractivity contribution is 0.0946. The Morgan fingerprint density at radius 3 is 2.52 bits per heavy atom. The number of carbonyl (C=O) groups is 1. The minimum atomic E-state index is -0.232. The summed E-state index contributed by atoms with van der Waals surface area (Å²) in [6.07, 6.45) is 0. The van der Waals surface area contributed by atoms with Crippen LogP contribution in [0.5, 0.6) is 11.5 Å². The zero-order valence-electron chi connectivity index (χ0n) is 12.5. The minimum Gasteiger partial charge on any atom is -0.493 e. The molecule has 0 saturated carbocycles. The van der Waals surface area contributed by atoms with E-state index >= 15 is 0 Å². The summed E-state index contributed by atoms with van der Waals surface area (Å²) in [4.78, 5) is 16.3. The van der Waals surface area contributed by atoms with Gasteiger partial charge in [-0.15, -0.1) is 0 Å². The fourth-order valence-electron chi connectivity index (χ4n) is 1.85. The molecule has 0 atom stereocenters. The van der Waals surface area contributed by atoms with Crippen molar-refractivity contribution in [3.8, 4) is 11.5 Å². The third kappa shape index (κ3) is 3.34. The van der Waals surface area contributed by atoms with Crippen molar-refractivity contribution in [2.75, 3.05) is 14.2 Å². The monoisotopic (exact) mass is 290 g/mol. The first-order chi connectivity index (χ1) is 10.0. The number of nitrogens with one attached hydrogen (secondary N) is 1. The molecule has 6 nitrogen and oxygen atoms in total. The molecule has 0 radical (unpaired) electrons. The minimum absolute atomic E-state index is 0.232. The molecule has 0 bridgehead atoms. The number of nitrogens with zero attached hydrogens (tertiary/aromatic N) is 1. The highest BCUT2D eigenvalue weighted by Gasteiger charge is 2.12. The fraction of sp³-hybridized carbons (Fsp3) is 0.333. The summed E-state index contributed by atoms with van der Waals surface area (Å²) in [5, 5.41) is 2.75. The van der Waals surface area contributed by atoms with E-state index in [9.17, 15) is 4.79 Å². The van der Waals surface area contributed by atoms with Crippen LogP contribution in [0.1, 0.15) is 27.7 Å². The largest absolute Gasteiger partial charge is 0.493 e. The number of aryl methyl sites for hydroxylation is 2. The van der Waals surface area contributed by atoms with E-state index in [0.717, 1.165) is 11.5 Å². The summed E-state index contributed by atoms with van der Waals surface area (Å²) in [5.74, 6) is 2.09. The zero-order chi connectivity index (χ0) is 15.4. The predicted molar refractivity (Wildman–Crippen MR) is 76.7 cm³/mol. The Balaban J connectivity index is 2.06. The Bertz CT molecular complexity index is 630. The van der Waals surface area contributed by atoms with Crippen LogP contribution in [0, 0.1) is 13.8 Å². The molecule has 0 aliphatic carbocycles. The van der Waals surface area contributed by atoms with Crippen LogP contribution in [-0.4, -0.2) is 25.1 Å². The third-order valence-electron chi connectivity index (χ3n) is 3.12. The molecule has 0 aliphatic rings. The Labute approximate surface area is 123 Å². The van der Waals surface area contributed by atoms with Crippen LogP contribution in [0.2, 0.25) is 0 Å². The number of hydrogen-bond acceptors (Lipinski definition) is 5. The maximum Gasteiger partial charge on any atom is 0.251 e. The summed E-state index contributed by atoms with van der Waals surface area (Å²) < 4.78 is 15.7. The smallest absolute Gasteiger partial charge is 0.251 e. The molecule has 1 aromatic carbocycles. The van der Waals surface area contributed by atoms with Crippen molar-refractivity contribution in [3.63, 3.8) is 0 Å². The first-order valence-corrected chi connectivity index (χ1v) is 6.48. The van der Waals surface area contributed by atoms with Crippen LogP contribution in [0.15, 0.2) is 22.6 Å². The van der Waals surface area contributed by atoms with Crippen molar-refractivity contribution in [2.45, 2.75) is 20.4 Å². The SMILES string of the molecule is COc1ccc(C(=O)NCc2nc(C)c(C)o2)cc1OC. The van der Waals surface area contributed by atoms with Gasteiger partial charge in [-0.3, -0.25) is 4.79 Å². The predicted octanol–water partition coefficient (Wildman–Crippen LogP) is 2.24. The van der Waals surface area contributed by atoms with E-state index in [1.165, 1.54) is 7.11 Å². The van der Waals surface area contributed by atoms with Gasteiger partial charge < -0.3 is 19.2 Å². The summed E-state index contributed by atoms with van der Waals surface area (Å²) in [5.41, 5.74) is 1.30. The Morgan fingerprint density at radius 2 is 1.95 bits per heavy atom. The lowest BCUT2D eigenvalue weighted by atomic mass is 10.2. The molecule has 1 heterocycles. The number of carbonyl (C=O) groups excluding carboxylic acids is 1. The molecule has 0 spiro atoms. The molecule has 0 saturated heterocycles. The topological polar surface area (TPSA) is 73.6 Å². The van der Waals surface area contributed by atoms with E-state index in [-0.39, 0.29) is 12.5 Å².